The van der Waals surface area contributed by atoms with Crippen LogP contribution in [0.2, 0.25) is 0 Å². The summed E-state index contributed by atoms with van der Waals surface area (Å²) in [5.41, 5.74) is 3.75. The summed E-state index contributed by atoms with van der Waals surface area (Å²) in [6.45, 7) is 5.71. The molecule has 0 radical (unpaired) electrons. The molecule has 3 heteroatoms. The number of fused-ring (bicyclic) bond motifs is 1. The number of anilines is 2. The first kappa shape index (κ1) is 13.8. The highest BCUT2D eigenvalue weighted by atomic mass is 16.5. The van der Waals surface area contributed by atoms with Gasteiger partial charge in [-0.15, -0.1) is 0 Å². The molecular weight excluding hydrogens is 260 g/mol. The molecule has 2 aromatic rings. The SMILES string of the molecule is CCOc1ccccc1CN1CCCNc2ccccc21. The molecule has 0 amide bonds. The zero-order valence-corrected chi connectivity index (χ0v) is 12.5. The second kappa shape index (κ2) is 6.53. The summed E-state index contributed by atoms with van der Waals surface area (Å²) >= 11 is 0. The molecule has 2 aromatic carbocycles. The third-order valence-electron chi connectivity index (χ3n) is 3.80. The molecule has 0 atom stereocenters. The van der Waals surface area contributed by atoms with Crippen molar-refractivity contribution in [1.29, 1.82) is 0 Å². The number of hydrogen-bond acceptors (Lipinski definition) is 3. The van der Waals surface area contributed by atoms with Crippen LogP contribution in [-0.4, -0.2) is 19.7 Å². The Balaban J connectivity index is 1.88. The molecule has 1 N–H and O–H groups in total. The van der Waals surface area contributed by atoms with E-state index < -0.39 is 0 Å². The van der Waals surface area contributed by atoms with Crippen molar-refractivity contribution in [2.75, 3.05) is 29.9 Å². The van der Waals surface area contributed by atoms with Gasteiger partial charge in [0, 0.05) is 25.2 Å². The number of benzene rings is 2. The van der Waals surface area contributed by atoms with Crippen molar-refractivity contribution in [1.82, 2.24) is 0 Å². The van der Waals surface area contributed by atoms with Crippen molar-refractivity contribution in [3.63, 3.8) is 0 Å². The van der Waals surface area contributed by atoms with Gasteiger partial charge in [-0.1, -0.05) is 30.3 Å². The van der Waals surface area contributed by atoms with Gasteiger partial charge in [-0.3, -0.25) is 0 Å². The average Bonchev–Trinajstić information content (AvgIpc) is 2.72. The molecule has 0 aromatic heterocycles. The maximum atomic E-state index is 5.76. The number of para-hydroxylation sites is 3. The zero-order valence-electron chi connectivity index (χ0n) is 12.5. The molecule has 0 saturated heterocycles. The third-order valence-corrected chi connectivity index (χ3v) is 3.80. The molecule has 0 bridgehead atoms. The molecule has 0 unspecified atom stereocenters. The van der Waals surface area contributed by atoms with E-state index in [4.69, 9.17) is 4.74 Å². The van der Waals surface area contributed by atoms with E-state index in [1.165, 1.54) is 16.9 Å². The maximum absolute atomic E-state index is 5.76. The molecule has 0 fully saturated rings. The van der Waals surface area contributed by atoms with Crippen LogP contribution < -0.4 is 15.0 Å². The van der Waals surface area contributed by atoms with Gasteiger partial charge in [0.1, 0.15) is 5.75 Å². The van der Waals surface area contributed by atoms with Crippen molar-refractivity contribution < 1.29 is 4.74 Å². The molecule has 1 heterocycles. The summed E-state index contributed by atoms with van der Waals surface area (Å²) in [7, 11) is 0. The fourth-order valence-corrected chi connectivity index (χ4v) is 2.81. The van der Waals surface area contributed by atoms with E-state index in [0.717, 1.165) is 31.8 Å². The number of nitrogens with zero attached hydrogens (tertiary/aromatic N) is 1. The smallest absolute Gasteiger partial charge is 0.124 e. The predicted octanol–water partition coefficient (Wildman–Crippen LogP) is 3.91. The molecule has 0 spiro atoms. The Morgan fingerprint density at radius 2 is 1.90 bits per heavy atom. The van der Waals surface area contributed by atoms with Crippen molar-refractivity contribution in [2.45, 2.75) is 19.9 Å². The number of rotatable bonds is 4. The summed E-state index contributed by atoms with van der Waals surface area (Å²) in [6, 6.07) is 16.9. The molecule has 110 valence electrons. The van der Waals surface area contributed by atoms with Crippen LogP contribution in [0.1, 0.15) is 18.9 Å². The highest BCUT2D eigenvalue weighted by molar-refractivity contribution is 5.70. The minimum Gasteiger partial charge on any atom is -0.494 e. The Morgan fingerprint density at radius 1 is 1.10 bits per heavy atom. The number of ether oxygens (including phenoxy) is 1. The summed E-state index contributed by atoms with van der Waals surface area (Å²) in [4.78, 5) is 2.44. The highest BCUT2D eigenvalue weighted by Crippen LogP contribution is 2.30. The van der Waals surface area contributed by atoms with E-state index in [1.807, 2.05) is 13.0 Å². The van der Waals surface area contributed by atoms with Crippen LogP contribution in [0.15, 0.2) is 48.5 Å². The first-order valence-electron chi connectivity index (χ1n) is 7.67. The van der Waals surface area contributed by atoms with E-state index in [0.29, 0.717) is 6.61 Å². The first-order chi connectivity index (χ1) is 10.4. The second-order valence-corrected chi connectivity index (χ2v) is 5.26. The normalized spacial score (nSPS) is 14.0. The largest absolute Gasteiger partial charge is 0.494 e. The first-order valence-corrected chi connectivity index (χ1v) is 7.67. The van der Waals surface area contributed by atoms with Crippen molar-refractivity contribution in [3.8, 4) is 5.75 Å². The summed E-state index contributed by atoms with van der Waals surface area (Å²) < 4.78 is 5.76. The molecule has 0 aliphatic carbocycles. The van der Waals surface area contributed by atoms with Gasteiger partial charge < -0.3 is 15.0 Å². The lowest BCUT2D eigenvalue weighted by Gasteiger charge is -2.25. The Morgan fingerprint density at radius 3 is 2.81 bits per heavy atom. The molecule has 3 rings (SSSR count). The predicted molar refractivity (Wildman–Crippen MR) is 88.2 cm³/mol. The van der Waals surface area contributed by atoms with E-state index in [1.54, 1.807) is 0 Å². The third kappa shape index (κ3) is 3.13. The van der Waals surface area contributed by atoms with Gasteiger partial charge in [-0.25, -0.2) is 0 Å². The lowest BCUT2D eigenvalue weighted by Crippen LogP contribution is -2.23. The van der Waals surface area contributed by atoms with Gasteiger partial charge in [0.05, 0.1) is 18.0 Å². The minimum absolute atomic E-state index is 0.704. The van der Waals surface area contributed by atoms with Gasteiger partial charge >= 0.3 is 0 Å². The molecule has 0 saturated carbocycles. The van der Waals surface area contributed by atoms with Crippen LogP contribution in [0.5, 0.6) is 5.75 Å². The standard InChI is InChI=1S/C18H22N2O/c1-2-21-18-11-6-3-8-15(18)14-20-13-7-12-19-16-9-4-5-10-17(16)20/h3-6,8-11,19H,2,7,12-14H2,1H3. The molecular formula is C18H22N2O. The van der Waals surface area contributed by atoms with Crippen LogP contribution in [0.4, 0.5) is 11.4 Å². The van der Waals surface area contributed by atoms with Crippen molar-refractivity contribution in [2.24, 2.45) is 0 Å². The maximum Gasteiger partial charge on any atom is 0.124 e. The second-order valence-electron chi connectivity index (χ2n) is 5.26. The van der Waals surface area contributed by atoms with E-state index in [-0.39, 0.29) is 0 Å². The van der Waals surface area contributed by atoms with Crippen molar-refractivity contribution >= 4 is 11.4 Å². The Bertz CT molecular complexity index is 597. The van der Waals surface area contributed by atoms with Crippen LogP contribution in [-0.2, 0) is 6.54 Å². The van der Waals surface area contributed by atoms with Crippen molar-refractivity contribution in [3.05, 3.63) is 54.1 Å². The number of hydrogen-bond donors (Lipinski definition) is 1. The van der Waals surface area contributed by atoms with Gasteiger partial charge in [0.2, 0.25) is 0 Å². The Labute approximate surface area is 126 Å². The lowest BCUT2D eigenvalue weighted by atomic mass is 10.1. The topological polar surface area (TPSA) is 24.5 Å². The van der Waals surface area contributed by atoms with Crippen LogP contribution in [0.3, 0.4) is 0 Å². The van der Waals surface area contributed by atoms with E-state index in [9.17, 15) is 0 Å². The highest BCUT2D eigenvalue weighted by Gasteiger charge is 2.16. The van der Waals surface area contributed by atoms with Crippen LogP contribution in [0, 0.1) is 0 Å². The Kier molecular flexibility index (Phi) is 4.29. The summed E-state index contributed by atoms with van der Waals surface area (Å²) in [6.07, 6.45) is 1.14. The van der Waals surface area contributed by atoms with Gasteiger partial charge in [0.25, 0.3) is 0 Å². The van der Waals surface area contributed by atoms with Gasteiger partial charge in [-0.2, -0.15) is 0 Å². The van der Waals surface area contributed by atoms with Crippen LogP contribution in [0.25, 0.3) is 0 Å². The van der Waals surface area contributed by atoms with Gasteiger partial charge in [0.15, 0.2) is 0 Å². The van der Waals surface area contributed by atoms with Gasteiger partial charge in [-0.05, 0) is 31.5 Å². The monoisotopic (exact) mass is 282 g/mol. The average molecular weight is 282 g/mol. The minimum atomic E-state index is 0.704. The fraction of sp³-hybridized carbons (Fsp3) is 0.333. The lowest BCUT2D eigenvalue weighted by molar-refractivity contribution is 0.336. The van der Waals surface area contributed by atoms with E-state index >= 15 is 0 Å². The summed E-state index contributed by atoms with van der Waals surface area (Å²) in [5, 5.41) is 3.51. The quantitative estimate of drug-likeness (QED) is 0.920. The molecule has 1 aliphatic heterocycles. The summed E-state index contributed by atoms with van der Waals surface area (Å²) in [5.74, 6) is 0.995. The van der Waals surface area contributed by atoms with Crippen LogP contribution >= 0.6 is 0 Å². The molecule has 3 nitrogen and oxygen atoms in total. The molecule has 21 heavy (non-hydrogen) atoms. The zero-order chi connectivity index (χ0) is 14.5. The van der Waals surface area contributed by atoms with E-state index in [2.05, 4.69) is 52.7 Å². The fourth-order valence-electron chi connectivity index (χ4n) is 2.81. The molecule has 1 aliphatic rings. The number of nitrogens with one attached hydrogen (secondary N) is 1. The Hall–Kier alpha value is -2.16.